The van der Waals surface area contributed by atoms with Crippen molar-refractivity contribution in [1.82, 2.24) is 5.32 Å². The Morgan fingerprint density at radius 2 is 1.94 bits per heavy atom. The van der Waals surface area contributed by atoms with E-state index in [0.717, 1.165) is 25.1 Å². The van der Waals surface area contributed by atoms with Gasteiger partial charge >= 0.3 is 0 Å². The van der Waals surface area contributed by atoms with E-state index in [9.17, 15) is 0 Å². The molecule has 0 aromatic rings. The quantitative estimate of drug-likeness (QED) is 0.750. The van der Waals surface area contributed by atoms with Crippen molar-refractivity contribution in [2.24, 2.45) is 5.92 Å². The molecule has 106 valence electrons. The highest BCUT2D eigenvalue weighted by Gasteiger charge is 2.20. The molecule has 18 heavy (non-hydrogen) atoms. The zero-order valence-corrected chi connectivity index (χ0v) is 12.1. The molecule has 2 heteroatoms. The molecule has 1 heterocycles. The molecule has 3 atom stereocenters. The van der Waals surface area contributed by atoms with Crippen LogP contribution in [0.15, 0.2) is 0 Å². The Kier molecular flexibility index (Phi) is 6.50. The van der Waals surface area contributed by atoms with Crippen molar-refractivity contribution in [3.63, 3.8) is 0 Å². The van der Waals surface area contributed by atoms with E-state index >= 15 is 0 Å². The van der Waals surface area contributed by atoms with Gasteiger partial charge in [-0.15, -0.1) is 0 Å². The smallest absolute Gasteiger partial charge is 0.0699 e. The van der Waals surface area contributed by atoms with E-state index in [2.05, 4.69) is 12.2 Å². The summed E-state index contributed by atoms with van der Waals surface area (Å²) in [5.74, 6) is 1.01. The lowest BCUT2D eigenvalue weighted by atomic mass is 9.95. The molecule has 1 aliphatic heterocycles. The van der Waals surface area contributed by atoms with Gasteiger partial charge in [0, 0.05) is 19.2 Å². The first kappa shape index (κ1) is 14.3. The van der Waals surface area contributed by atoms with Crippen molar-refractivity contribution in [3.05, 3.63) is 0 Å². The van der Waals surface area contributed by atoms with Gasteiger partial charge in [0.15, 0.2) is 0 Å². The summed E-state index contributed by atoms with van der Waals surface area (Å²) in [6.07, 6.45) is 14.3. The lowest BCUT2D eigenvalue weighted by Crippen LogP contribution is -2.37. The second kappa shape index (κ2) is 8.16. The topological polar surface area (TPSA) is 21.3 Å². The van der Waals surface area contributed by atoms with E-state index in [1.165, 1.54) is 64.2 Å². The first-order chi connectivity index (χ1) is 8.88. The monoisotopic (exact) mass is 253 g/mol. The maximum absolute atomic E-state index is 5.80. The summed E-state index contributed by atoms with van der Waals surface area (Å²) in [5, 5.41) is 3.77. The Morgan fingerprint density at radius 1 is 1.00 bits per heavy atom. The molecular weight excluding hydrogens is 222 g/mol. The van der Waals surface area contributed by atoms with Gasteiger partial charge in [0.05, 0.1) is 6.10 Å². The van der Waals surface area contributed by atoms with Crippen molar-refractivity contribution in [1.29, 1.82) is 0 Å². The highest BCUT2D eigenvalue weighted by Crippen LogP contribution is 2.26. The average molecular weight is 253 g/mol. The van der Waals surface area contributed by atoms with Crippen LogP contribution in [-0.2, 0) is 4.74 Å². The van der Waals surface area contributed by atoms with Gasteiger partial charge in [0.1, 0.15) is 0 Å². The van der Waals surface area contributed by atoms with E-state index < -0.39 is 0 Å². The molecule has 2 rings (SSSR count). The van der Waals surface area contributed by atoms with Gasteiger partial charge in [-0.1, -0.05) is 32.6 Å². The van der Waals surface area contributed by atoms with Crippen molar-refractivity contribution >= 4 is 0 Å². The Bertz CT molecular complexity index is 213. The number of hydrogen-bond acceptors (Lipinski definition) is 2. The third kappa shape index (κ3) is 4.89. The molecule has 0 spiro atoms. The highest BCUT2D eigenvalue weighted by molar-refractivity contribution is 4.77. The van der Waals surface area contributed by atoms with Gasteiger partial charge in [-0.25, -0.2) is 0 Å². The van der Waals surface area contributed by atoms with Crippen LogP contribution in [0.5, 0.6) is 0 Å². The summed E-state index contributed by atoms with van der Waals surface area (Å²) in [6, 6.07) is 0.761. The van der Waals surface area contributed by atoms with E-state index in [1.54, 1.807) is 0 Å². The van der Waals surface area contributed by atoms with Crippen molar-refractivity contribution in [2.75, 3.05) is 13.2 Å². The van der Waals surface area contributed by atoms with E-state index in [4.69, 9.17) is 4.74 Å². The number of hydrogen-bond donors (Lipinski definition) is 1. The molecule has 2 aliphatic rings. The van der Waals surface area contributed by atoms with Gasteiger partial charge in [-0.2, -0.15) is 0 Å². The summed E-state index contributed by atoms with van der Waals surface area (Å²) in [7, 11) is 0. The molecule has 0 aromatic carbocycles. The minimum Gasteiger partial charge on any atom is -0.377 e. The minimum absolute atomic E-state index is 0.494. The summed E-state index contributed by atoms with van der Waals surface area (Å²) >= 11 is 0. The summed E-state index contributed by atoms with van der Waals surface area (Å²) < 4.78 is 5.80. The lowest BCUT2D eigenvalue weighted by Gasteiger charge is -2.25. The van der Waals surface area contributed by atoms with Crippen LogP contribution in [-0.4, -0.2) is 25.3 Å². The first-order valence-corrected chi connectivity index (χ1v) is 8.23. The Morgan fingerprint density at radius 3 is 2.72 bits per heavy atom. The third-order valence-electron chi connectivity index (χ3n) is 4.69. The standard InChI is InChI=1S/C16H31NO/c1-2-6-14-7-5-8-15(11-10-14)17-13-16-9-3-4-12-18-16/h14-17H,2-13H2,1H3. The fraction of sp³-hybridized carbons (Fsp3) is 1.00. The fourth-order valence-electron chi connectivity index (χ4n) is 3.55. The number of ether oxygens (including phenoxy) is 1. The largest absolute Gasteiger partial charge is 0.377 e. The highest BCUT2D eigenvalue weighted by atomic mass is 16.5. The molecule has 1 aliphatic carbocycles. The van der Waals surface area contributed by atoms with Crippen LogP contribution >= 0.6 is 0 Å². The maximum Gasteiger partial charge on any atom is 0.0699 e. The lowest BCUT2D eigenvalue weighted by molar-refractivity contribution is 0.0151. The van der Waals surface area contributed by atoms with Crippen LogP contribution in [0, 0.1) is 5.92 Å². The van der Waals surface area contributed by atoms with Gasteiger partial charge in [-0.3, -0.25) is 0 Å². The van der Waals surface area contributed by atoms with E-state index in [0.29, 0.717) is 6.10 Å². The summed E-state index contributed by atoms with van der Waals surface area (Å²) in [6.45, 7) is 4.39. The minimum atomic E-state index is 0.494. The van der Waals surface area contributed by atoms with Crippen LogP contribution in [0.25, 0.3) is 0 Å². The Balaban J connectivity index is 1.63. The Hall–Kier alpha value is -0.0800. The molecule has 0 bridgehead atoms. The van der Waals surface area contributed by atoms with Crippen LogP contribution in [0.2, 0.25) is 0 Å². The van der Waals surface area contributed by atoms with Crippen LogP contribution in [0.4, 0.5) is 0 Å². The second-order valence-electron chi connectivity index (χ2n) is 6.26. The Labute approximate surface area is 113 Å². The number of nitrogens with one attached hydrogen (secondary N) is 1. The molecule has 1 N–H and O–H groups in total. The van der Waals surface area contributed by atoms with E-state index in [-0.39, 0.29) is 0 Å². The van der Waals surface area contributed by atoms with Gasteiger partial charge in [-0.05, 0) is 44.4 Å². The van der Waals surface area contributed by atoms with Crippen molar-refractivity contribution < 1.29 is 4.74 Å². The molecule has 1 saturated carbocycles. The maximum atomic E-state index is 5.80. The van der Waals surface area contributed by atoms with Crippen molar-refractivity contribution in [3.8, 4) is 0 Å². The van der Waals surface area contributed by atoms with E-state index in [1.807, 2.05) is 0 Å². The zero-order valence-electron chi connectivity index (χ0n) is 12.1. The first-order valence-electron chi connectivity index (χ1n) is 8.23. The zero-order chi connectivity index (χ0) is 12.6. The van der Waals surface area contributed by atoms with Crippen LogP contribution in [0.3, 0.4) is 0 Å². The predicted molar refractivity (Wildman–Crippen MR) is 76.9 cm³/mol. The molecule has 0 radical (unpaired) electrons. The van der Waals surface area contributed by atoms with Gasteiger partial charge < -0.3 is 10.1 Å². The van der Waals surface area contributed by atoms with Gasteiger partial charge in [0.2, 0.25) is 0 Å². The summed E-state index contributed by atoms with van der Waals surface area (Å²) in [4.78, 5) is 0. The molecule has 2 fully saturated rings. The van der Waals surface area contributed by atoms with Gasteiger partial charge in [0.25, 0.3) is 0 Å². The predicted octanol–water partition coefficient (Wildman–Crippen LogP) is 3.89. The average Bonchev–Trinajstić information content (AvgIpc) is 2.64. The molecule has 2 nitrogen and oxygen atoms in total. The van der Waals surface area contributed by atoms with Crippen LogP contribution < -0.4 is 5.32 Å². The van der Waals surface area contributed by atoms with Crippen LogP contribution in [0.1, 0.15) is 71.1 Å². The molecule has 0 aromatic heterocycles. The number of rotatable bonds is 5. The third-order valence-corrected chi connectivity index (χ3v) is 4.69. The molecule has 0 amide bonds. The van der Waals surface area contributed by atoms with Crippen molar-refractivity contribution in [2.45, 2.75) is 83.3 Å². The summed E-state index contributed by atoms with van der Waals surface area (Å²) in [5.41, 5.74) is 0. The fourth-order valence-corrected chi connectivity index (χ4v) is 3.55. The SMILES string of the molecule is CCCC1CCCC(NCC2CCCCO2)CC1. The normalized spacial score (nSPS) is 34.2. The molecule has 1 saturated heterocycles. The second-order valence-corrected chi connectivity index (χ2v) is 6.26. The molecular formula is C16H31NO. The molecule has 3 unspecified atom stereocenters.